The number of anilines is 2. The first kappa shape index (κ1) is 16.3. The molecular formula is C18H15N3O4. The van der Waals surface area contributed by atoms with Crippen LogP contribution < -0.4 is 10.1 Å². The summed E-state index contributed by atoms with van der Waals surface area (Å²) in [6.07, 6.45) is 0. The molecule has 25 heavy (non-hydrogen) atoms. The molecule has 0 aliphatic heterocycles. The number of aromatic carboxylic acids is 1. The zero-order chi connectivity index (χ0) is 17.8. The first-order chi connectivity index (χ1) is 12.1. The van der Waals surface area contributed by atoms with Crippen LogP contribution in [0, 0.1) is 0 Å². The van der Waals surface area contributed by atoms with Gasteiger partial charge in [-0.05, 0) is 54.6 Å². The van der Waals surface area contributed by atoms with Crippen LogP contribution >= 0.6 is 0 Å². The van der Waals surface area contributed by atoms with E-state index < -0.39 is 5.97 Å². The van der Waals surface area contributed by atoms with Crippen LogP contribution in [0.4, 0.5) is 11.5 Å². The summed E-state index contributed by atoms with van der Waals surface area (Å²) < 4.78 is 5.12. The molecule has 7 nitrogen and oxygen atoms in total. The van der Waals surface area contributed by atoms with Gasteiger partial charge in [0.1, 0.15) is 11.5 Å². The van der Waals surface area contributed by atoms with E-state index >= 15 is 0 Å². The van der Waals surface area contributed by atoms with Crippen LogP contribution in [-0.2, 0) is 0 Å². The predicted molar refractivity (Wildman–Crippen MR) is 92.4 cm³/mol. The van der Waals surface area contributed by atoms with Crippen LogP contribution in [0.5, 0.6) is 11.5 Å². The molecule has 0 fully saturated rings. The number of aromatic hydroxyl groups is 1. The molecule has 0 saturated heterocycles. The van der Waals surface area contributed by atoms with Crippen molar-refractivity contribution < 1.29 is 19.7 Å². The van der Waals surface area contributed by atoms with Gasteiger partial charge in [-0.25, -0.2) is 4.79 Å². The Balaban J connectivity index is 1.77. The number of ether oxygens (including phenoxy) is 1. The van der Waals surface area contributed by atoms with Gasteiger partial charge < -0.3 is 20.3 Å². The summed E-state index contributed by atoms with van der Waals surface area (Å²) in [6.45, 7) is 0. The van der Waals surface area contributed by atoms with Crippen LogP contribution in [0.25, 0.3) is 11.3 Å². The fraction of sp³-hybridized carbons (Fsp3) is 0.0556. The molecule has 0 unspecified atom stereocenters. The number of nitrogens with zero attached hydrogens (tertiary/aromatic N) is 2. The van der Waals surface area contributed by atoms with Crippen molar-refractivity contribution >= 4 is 17.5 Å². The third kappa shape index (κ3) is 3.66. The van der Waals surface area contributed by atoms with Gasteiger partial charge in [-0.2, -0.15) is 0 Å². The van der Waals surface area contributed by atoms with E-state index in [1.165, 1.54) is 18.2 Å². The lowest BCUT2D eigenvalue weighted by Crippen LogP contribution is -1.99. The number of rotatable bonds is 5. The number of carboxylic acid groups (broad SMARTS) is 1. The summed E-state index contributed by atoms with van der Waals surface area (Å²) >= 11 is 0. The average Bonchev–Trinajstić information content (AvgIpc) is 2.64. The van der Waals surface area contributed by atoms with E-state index in [4.69, 9.17) is 9.84 Å². The van der Waals surface area contributed by atoms with Crippen LogP contribution in [0.1, 0.15) is 10.4 Å². The maximum atomic E-state index is 10.9. The SMILES string of the molecule is COc1ccc(-c2ccc(Nc3ccc(C(=O)O)cc3O)nn2)cc1. The summed E-state index contributed by atoms with van der Waals surface area (Å²) in [5, 5.41) is 29.9. The molecule has 1 heterocycles. The Morgan fingerprint density at radius 1 is 1.04 bits per heavy atom. The minimum atomic E-state index is -1.11. The van der Waals surface area contributed by atoms with Gasteiger partial charge in [0.05, 0.1) is 24.1 Å². The average molecular weight is 337 g/mol. The molecule has 1 aromatic heterocycles. The number of phenols is 1. The molecule has 126 valence electrons. The molecule has 3 aromatic rings. The standard InChI is InChI=1S/C18H15N3O4/c1-25-13-5-2-11(3-6-13)14-8-9-17(21-20-14)19-15-7-4-12(18(23)24)10-16(15)22/h2-10,22H,1H3,(H,19,21)(H,23,24). The van der Waals surface area contributed by atoms with Gasteiger partial charge in [-0.1, -0.05) is 0 Å². The molecule has 3 rings (SSSR count). The summed E-state index contributed by atoms with van der Waals surface area (Å²) in [6, 6.07) is 15.0. The van der Waals surface area contributed by atoms with Gasteiger partial charge in [0.2, 0.25) is 0 Å². The van der Waals surface area contributed by atoms with Crippen LogP contribution in [0.15, 0.2) is 54.6 Å². The fourth-order valence-corrected chi connectivity index (χ4v) is 2.22. The highest BCUT2D eigenvalue weighted by atomic mass is 16.5. The summed E-state index contributed by atoms with van der Waals surface area (Å²) in [5.41, 5.74) is 1.94. The lowest BCUT2D eigenvalue weighted by atomic mass is 10.1. The van der Waals surface area contributed by atoms with Gasteiger partial charge in [-0.15, -0.1) is 10.2 Å². The summed E-state index contributed by atoms with van der Waals surface area (Å²) in [5.74, 6) is -0.0997. The van der Waals surface area contributed by atoms with Gasteiger partial charge >= 0.3 is 5.97 Å². The highest BCUT2D eigenvalue weighted by Crippen LogP contribution is 2.27. The number of carbonyl (C=O) groups is 1. The van der Waals surface area contributed by atoms with Crippen molar-refractivity contribution in [2.24, 2.45) is 0 Å². The molecule has 0 aliphatic rings. The molecule has 0 radical (unpaired) electrons. The van der Waals surface area contributed by atoms with Gasteiger partial charge in [0.25, 0.3) is 0 Å². The van der Waals surface area contributed by atoms with E-state index in [1.807, 2.05) is 24.3 Å². The Hall–Kier alpha value is -3.61. The highest BCUT2D eigenvalue weighted by Gasteiger charge is 2.09. The molecule has 0 amide bonds. The fourth-order valence-electron chi connectivity index (χ4n) is 2.22. The number of aromatic nitrogens is 2. The molecular weight excluding hydrogens is 322 g/mol. The van der Waals surface area contributed by atoms with E-state index in [-0.39, 0.29) is 11.3 Å². The van der Waals surface area contributed by atoms with E-state index in [9.17, 15) is 9.90 Å². The summed E-state index contributed by atoms with van der Waals surface area (Å²) in [4.78, 5) is 10.9. The maximum absolute atomic E-state index is 10.9. The normalized spacial score (nSPS) is 10.3. The molecule has 0 aliphatic carbocycles. The minimum Gasteiger partial charge on any atom is -0.506 e. The topological polar surface area (TPSA) is 105 Å². The lowest BCUT2D eigenvalue weighted by Gasteiger charge is -2.08. The minimum absolute atomic E-state index is 0.00369. The molecule has 0 saturated carbocycles. The number of carboxylic acids is 1. The zero-order valence-electron chi connectivity index (χ0n) is 13.3. The smallest absolute Gasteiger partial charge is 0.335 e. The third-order valence-electron chi connectivity index (χ3n) is 3.56. The lowest BCUT2D eigenvalue weighted by molar-refractivity contribution is 0.0696. The Morgan fingerprint density at radius 2 is 1.80 bits per heavy atom. The molecule has 3 N–H and O–H groups in total. The van der Waals surface area contributed by atoms with Crippen molar-refractivity contribution in [3.8, 4) is 22.8 Å². The Labute approximate surface area is 143 Å². The Bertz CT molecular complexity index is 893. The molecule has 0 atom stereocenters. The van der Waals surface area contributed by atoms with Crippen molar-refractivity contribution in [3.05, 3.63) is 60.2 Å². The van der Waals surface area contributed by atoms with Gasteiger partial charge in [0.15, 0.2) is 5.82 Å². The first-order valence-electron chi connectivity index (χ1n) is 7.38. The molecule has 7 heteroatoms. The number of hydrogen-bond acceptors (Lipinski definition) is 6. The number of phenolic OH excluding ortho intramolecular Hbond substituents is 1. The van der Waals surface area contributed by atoms with Crippen molar-refractivity contribution in [1.82, 2.24) is 10.2 Å². The second kappa shape index (κ2) is 6.88. The van der Waals surface area contributed by atoms with Crippen molar-refractivity contribution in [1.29, 1.82) is 0 Å². The van der Waals surface area contributed by atoms with Crippen LogP contribution in [0.3, 0.4) is 0 Å². The van der Waals surface area contributed by atoms with Crippen molar-refractivity contribution in [2.75, 3.05) is 12.4 Å². The number of nitrogens with one attached hydrogen (secondary N) is 1. The van der Waals surface area contributed by atoms with Crippen LogP contribution in [0.2, 0.25) is 0 Å². The Morgan fingerprint density at radius 3 is 2.36 bits per heavy atom. The second-order valence-corrected chi connectivity index (χ2v) is 5.19. The zero-order valence-corrected chi connectivity index (χ0v) is 13.3. The molecule has 0 bridgehead atoms. The van der Waals surface area contributed by atoms with E-state index in [1.54, 1.807) is 19.2 Å². The number of benzene rings is 2. The first-order valence-corrected chi connectivity index (χ1v) is 7.38. The van der Waals surface area contributed by atoms with Crippen molar-refractivity contribution in [3.63, 3.8) is 0 Å². The Kier molecular flexibility index (Phi) is 4.47. The second-order valence-electron chi connectivity index (χ2n) is 5.19. The van der Waals surface area contributed by atoms with Crippen molar-refractivity contribution in [2.45, 2.75) is 0 Å². The predicted octanol–water partition coefficient (Wildman–Crippen LogP) is 3.30. The number of methoxy groups -OCH3 is 1. The molecule has 0 spiro atoms. The quantitative estimate of drug-likeness (QED) is 0.614. The van der Waals surface area contributed by atoms with Crippen LogP contribution in [-0.4, -0.2) is 33.5 Å². The monoisotopic (exact) mass is 337 g/mol. The maximum Gasteiger partial charge on any atom is 0.335 e. The third-order valence-corrected chi connectivity index (χ3v) is 3.56. The van der Waals surface area contributed by atoms with Gasteiger partial charge in [0, 0.05) is 5.56 Å². The van der Waals surface area contributed by atoms with E-state index in [0.717, 1.165) is 11.3 Å². The largest absolute Gasteiger partial charge is 0.506 e. The summed E-state index contributed by atoms with van der Waals surface area (Å²) in [7, 11) is 1.60. The molecule has 2 aromatic carbocycles. The highest BCUT2D eigenvalue weighted by molar-refractivity contribution is 5.89. The number of hydrogen-bond donors (Lipinski definition) is 3. The van der Waals surface area contributed by atoms with E-state index in [2.05, 4.69) is 15.5 Å². The van der Waals surface area contributed by atoms with E-state index in [0.29, 0.717) is 17.2 Å². The van der Waals surface area contributed by atoms with Gasteiger partial charge in [-0.3, -0.25) is 0 Å².